The number of ether oxygens (including phenoxy) is 2. The van der Waals surface area contributed by atoms with Gasteiger partial charge in [-0.15, -0.1) is 0 Å². The van der Waals surface area contributed by atoms with Crippen LogP contribution in [0, 0.1) is 5.92 Å². The van der Waals surface area contributed by atoms with Crippen LogP contribution < -0.4 is 15.4 Å². The lowest BCUT2D eigenvalue weighted by Gasteiger charge is -2.31. The standard InChI is InChI=1S/C22H25N3O5/c1-29-20(26)15-30-19-9-7-18(8-10-19)23-21(27)16-11-13-25(14-12-16)22(28)24-17-5-3-2-4-6-17/h2-10,16H,11-15H2,1H3,(H,23,27)(H,24,28). The maximum Gasteiger partial charge on any atom is 0.343 e. The molecule has 158 valence electrons. The van der Waals surface area contributed by atoms with E-state index in [4.69, 9.17) is 4.74 Å². The zero-order valence-corrected chi connectivity index (χ0v) is 16.8. The van der Waals surface area contributed by atoms with Gasteiger partial charge >= 0.3 is 12.0 Å². The SMILES string of the molecule is COC(=O)COc1ccc(NC(=O)C2CCN(C(=O)Nc3ccccc3)CC2)cc1. The maximum absolute atomic E-state index is 12.6. The van der Waals surface area contributed by atoms with Crippen molar-refractivity contribution in [1.82, 2.24) is 4.90 Å². The number of nitrogens with one attached hydrogen (secondary N) is 2. The van der Waals surface area contributed by atoms with Gasteiger partial charge in [-0.25, -0.2) is 9.59 Å². The Hall–Kier alpha value is -3.55. The predicted octanol–water partition coefficient (Wildman–Crippen LogP) is 3.12. The van der Waals surface area contributed by atoms with Crippen LogP contribution in [0.5, 0.6) is 5.75 Å². The van der Waals surface area contributed by atoms with Crippen molar-refractivity contribution < 1.29 is 23.9 Å². The molecule has 3 rings (SSSR count). The number of methoxy groups -OCH3 is 1. The molecule has 3 amide bonds. The van der Waals surface area contributed by atoms with Gasteiger partial charge in [0.15, 0.2) is 6.61 Å². The number of carbonyl (C=O) groups excluding carboxylic acids is 3. The van der Waals surface area contributed by atoms with Crippen LogP contribution in [0.25, 0.3) is 0 Å². The lowest BCUT2D eigenvalue weighted by atomic mass is 9.96. The minimum Gasteiger partial charge on any atom is -0.482 e. The van der Waals surface area contributed by atoms with Crippen molar-refractivity contribution in [3.63, 3.8) is 0 Å². The van der Waals surface area contributed by atoms with Gasteiger partial charge in [0.2, 0.25) is 5.91 Å². The minimum absolute atomic E-state index is 0.0682. The van der Waals surface area contributed by atoms with Crippen LogP contribution in [0.3, 0.4) is 0 Å². The Labute approximate surface area is 175 Å². The zero-order chi connectivity index (χ0) is 21.3. The normalized spacial score (nSPS) is 14.0. The highest BCUT2D eigenvalue weighted by molar-refractivity contribution is 5.93. The van der Waals surface area contributed by atoms with E-state index >= 15 is 0 Å². The Morgan fingerprint density at radius 1 is 0.933 bits per heavy atom. The molecule has 1 saturated heterocycles. The van der Waals surface area contributed by atoms with Gasteiger partial charge < -0.3 is 25.0 Å². The number of likely N-dealkylation sites (tertiary alicyclic amines) is 1. The lowest BCUT2D eigenvalue weighted by molar-refractivity contribution is -0.142. The van der Waals surface area contributed by atoms with Crippen molar-refractivity contribution in [2.75, 3.05) is 37.4 Å². The summed E-state index contributed by atoms with van der Waals surface area (Å²) >= 11 is 0. The highest BCUT2D eigenvalue weighted by Crippen LogP contribution is 2.22. The molecule has 0 bridgehead atoms. The van der Waals surface area contributed by atoms with Crippen molar-refractivity contribution in [3.05, 3.63) is 54.6 Å². The van der Waals surface area contributed by atoms with Crippen LogP contribution in [0.1, 0.15) is 12.8 Å². The number of piperidine rings is 1. The monoisotopic (exact) mass is 411 g/mol. The van der Waals surface area contributed by atoms with Crippen molar-refractivity contribution in [2.45, 2.75) is 12.8 Å². The molecule has 0 saturated carbocycles. The zero-order valence-electron chi connectivity index (χ0n) is 16.8. The summed E-state index contributed by atoms with van der Waals surface area (Å²) in [5, 5.41) is 5.76. The third kappa shape index (κ3) is 5.97. The molecule has 0 aliphatic carbocycles. The van der Waals surface area contributed by atoms with Gasteiger partial charge in [-0.2, -0.15) is 0 Å². The Morgan fingerprint density at radius 3 is 2.20 bits per heavy atom. The Bertz CT molecular complexity index is 862. The van der Waals surface area contributed by atoms with E-state index in [0.29, 0.717) is 37.4 Å². The summed E-state index contributed by atoms with van der Waals surface area (Å²) in [6.45, 7) is 0.882. The summed E-state index contributed by atoms with van der Waals surface area (Å²) < 4.78 is 9.80. The maximum atomic E-state index is 12.6. The van der Waals surface area contributed by atoms with Crippen molar-refractivity contribution in [2.24, 2.45) is 5.92 Å². The van der Waals surface area contributed by atoms with E-state index in [1.807, 2.05) is 30.3 Å². The van der Waals surface area contributed by atoms with Gasteiger partial charge in [-0.05, 0) is 49.2 Å². The number of carbonyl (C=O) groups is 3. The fourth-order valence-corrected chi connectivity index (χ4v) is 3.15. The van der Waals surface area contributed by atoms with Crippen LogP contribution in [0.15, 0.2) is 54.6 Å². The van der Waals surface area contributed by atoms with E-state index in [2.05, 4.69) is 15.4 Å². The topological polar surface area (TPSA) is 97.0 Å². The van der Waals surface area contributed by atoms with Gasteiger partial charge in [0, 0.05) is 30.4 Å². The second kappa shape index (κ2) is 10.3. The summed E-state index contributed by atoms with van der Waals surface area (Å²) in [5.41, 5.74) is 1.40. The molecule has 30 heavy (non-hydrogen) atoms. The number of urea groups is 1. The van der Waals surface area contributed by atoms with Gasteiger partial charge in [-0.3, -0.25) is 4.79 Å². The fraction of sp³-hybridized carbons (Fsp3) is 0.318. The van der Waals surface area contributed by atoms with Crippen LogP contribution in [0.4, 0.5) is 16.2 Å². The molecule has 8 heteroatoms. The number of amides is 3. The molecule has 0 aromatic heterocycles. The molecule has 0 atom stereocenters. The Balaban J connectivity index is 1.43. The Morgan fingerprint density at radius 2 is 1.57 bits per heavy atom. The first-order valence-electron chi connectivity index (χ1n) is 9.76. The number of nitrogens with zero attached hydrogens (tertiary/aromatic N) is 1. The van der Waals surface area contributed by atoms with Crippen LogP contribution in [-0.4, -0.2) is 49.6 Å². The van der Waals surface area contributed by atoms with Crippen LogP contribution in [0.2, 0.25) is 0 Å². The van der Waals surface area contributed by atoms with Crippen LogP contribution >= 0.6 is 0 Å². The van der Waals surface area contributed by atoms with E-state index in [-0.39, 0.29) is 24.5 Å². The van der Waals surface area contributed by atoms with E-state index in [0.717, 1.165) is 5.69 Å². The summed E-state index contributed by atoms with van der Waals surface area (Å²) in [6.07, 6.45) is 1.21. The van der Waals surface area contributed by atoms with E-state index in [1.165, 1.54) is 7.11 Å². The third-order valence-electron chi connectivity index (χ3n) is 4.88. The second-order valence-corrected chi connectivity index (χ2v) is 6.94. The molecule has 1 aliphatic rings. The number of anilines is 2. The van der Waals surface area contributed by atoms with Crippen molar-refractivity contribution >= 4 is 29.3 Å². The smallest absolute Gasteiger partial charge is 0.343 e. The summed E-state index contributed by atoms with van der Waals surface area (Å²) in [5.74, 6) is -0.172. The molecule has 0 unspecified atom stereocenters. The minimum atomic E-state index is -0.462. The molecule has 2 N–H and O–H groups in total. The largest absolute Gasteiger partial charge is 0.482 e. The van der Waals surface area contributed by atoms with Gasteiger partial charge in [-0.1, -0.05) is 18.2 Å². The predicted molar refractivity (Wildman–Crippen MR) is 112 cm³/mol. The molecule has 2 aromatic carbocycles. The van der Waals surface area contributed by atoms with Crippen molar-refractivity contribution in [1.29, 1.82) is 0 Å². The molecular formula is C22H25N3O5. The van der Waals surface area contributed by atoms with E-state index in [1.54, 1.807) is 29.2 Å². The molecular weight excluding hydrogens is 386 g/mol. The second-order valence-electron chi connectivity index (χ2n) is 6.94. The molecule has 8 nitrogen and oxygen atoms in total. The summed E-state index contributed by atoms with van der Waals surface area (Å²) in [7, 11) is 1.30. The number of para-hydroxylation sites is 1. The molecule has 1 heterocycles. The van der Waals surface area contributed by atoms with Crippen LogP contribution in [-0.2, 0) is 14.3 Å². The molecule has 1 aliphatic heterocycles. The first kappa shape index (κ1) is 21.2. The fourth-order valence-electron chi connectivity index (χ4n) is 3.15. The number of rotatable bonds is 6. The summed E-state index contributed by atoms with van der Waals surface area (Å²) in [6, 6.07) is 15.9. The number of benzene rings is 2. The number of hydrogen-bond donors (Lipinski definition) is 2. The molecule has 0 radical (unpaired) electrons. The summed E-state index contributed by atoms with van der Waals surface area (Å²) in [4.78, 5) is 37.7. The first-order chi connectivity index (χ1) is 14.5. The van der Waals surface area contributed by atoms with Gasteiger partial charge in [0.25, 0.3) is 0 Å². The van der Waals surface area contributed by atoms with E-state index < -0.39 is 5.97 Å². The quantitative estimate of drug-likeness (QED) is 0.712. The average Bonchev–Trinajstić information content (AvgIpc) is 2.79. The molecule has 2 aromatic rings. The molecule has 1 fully saturated rings. The average molecular weight is 411 g/mol. The lowest BCUT2D eigenvalue weighted by Crippen LogP contribution is -2.43. The molecule has 0 spiro atoms. The third-order valence-corrected chi connectivity index (χ3v) is 4.88. The first-order valence-corrected chi connectivity index (χ1v) is 9.76. The highest BCUT2D eigenvalue weighted by atomic mass is 16.6. The Kier molecular flexibility index (Phi) is 7.26. The van der Waals surface area contributed by atoms with Gasteiger partial charge in [0.1, 0.15) is 5.75 Å². The highest BCUT2D eigenvalue weighted by Gasteiger charge is 2.27. The number of hydrogen-bond acceptors (Lipinski definition) is 5. The van der Waals surface area contributed by atoms with Gasteiger partial charge in [0.05, 0.1) is 7.11 Å². The number of esters is 1. The van der Waals surface area contributed by atoms with Crippen molar-refractivity contribution in [3.8, 4) is 5.75 Å². The van der Waals surface area contributed by atoms with E-state index in [9.17, 15) is 14.4 Å².